The summed E-state index contributed by atoms with van der Waals surface area (Å²) in [5.41, 5.74) is 10.3. The normalized spacial score (nSPS) is 15.6. The summed E-state index contributed by atoms with van der Waals surface area (Å²) in [6.07, 6.45) is 1.66. The zero-order valence-electron chi connectivity index (χ0n) is 6.61. The fraction of sp³-hybridized carbons (Fsp3) is 0. The topological polar surface area (TPSA) is 65.4 Å². The molecule has 13 heavy (non-hydrogen) atoms. The minimum atomic E-state index is 0.238. The Labute approximate surface area is 80.1 Å². The van der Waals surface area contributed by atoms with E-state index in [2.05, 4.69) is 15.5 Å². The van der Waals surface area contributed by atoms with Crippen LogP contribution in [-0.4, -0.2) is 10.7 Å². The van der Waals surface area contributed by atoms with Crippen LogP contribution in [0.1, 0.15) is 5.69 Å². The first-order chi connectivity index (χ1) is 6.29. The average Bonchev–Trinajstić information content (AvgIpc) is 2.49. The van der Waals surface area contributed by atoms with Gasteiger partial charge in [-0.05, 0) is 12.1 Å². The van der Waals surface area contributed by atoms with Crippen molar-refractivity contribution in [1.82, 2.24) is 10.4 Å². The molecule has 0 aliphatic carbocycles. The second kappa shape index (κ2) is 3.06. The quantitative estimate of drug-likeness (QED) is 0.716. The summed E-state index contributed by atoms with van der Waals surface area (Å²) >= 11 is 5.85. The van der Waals surface area contributed by atoms with Crippen molar-refractivity contribution in [3.63, 3.8) is 0 Å². The van der Waals surface area contributed by atoms with E-state index in [1.165, 1.54) is 0 Å². The maximum atomic E-state index is 5.85. The van der Waals surface area contributed by atoms with E-state index in [1.807, 2.05) is 12.1 Å². The molecule has 0 fully saturated rings. The van der Waals surface area contributed by atoms with Crippen molar-refractivity contribution in [3.8, 4) is 0 Å². The molecule has 1 aromatic rings. The summed E-state index contributed by atoms with van der Waals surface area (Å²) < 4.78 is 0. The van der Waals surface area contributed by atoms with Crippen LogP contribution in [0, 0.1) is 0 Å². The van der Waals surface area contributed by atoms with Gasteiger partial charge >= 0.3 is 0 Å². The monoisotopic (exact) mass is 193 g/mol. The van der Waals surface area contributed by atoms with E-state index < -0.39 is 0 Å². The van der Waals surface area contributed by atoms with Crippen LogP contribution < -0.4 is 11.2 Å². The first-order valence-corrected chi connectivity index (χ1v) is 4.02. The Morgan fingerprint density at radius 1 is 1.31 bits per heavy atom. The molecule has 1 aliphatic heterocycles. The van der Waals surface area contributed by atoms with Crippen LogP contribution in [0.5, 0.6) is 0 Å². The number of halogens is 1. The maximum absolute atomic E-state index is 5.85. The Balaban J connectivity index is 2.40. The van der Waals surface area contributed by atoms with Crippen LogP contribution in [0.25, 0.3) is 0 Å². The molecule has 1 aromatic heterocycles. The van der Waals surface area contributed by atoms with Gasteiger partial charge in [0.1, 0.15) is 10.7 Å². The third-order valence-electron chi connectivity index (χ3n) is 1.60. The van der Waals surface area contributed by atoms with Crippen molar-refractivity contribution in [2.45, 2.75) is 0 Å². The molecule has 2 heterocycles. The molecule has 5 heteroatoms. The molecule has 0 unspecified atom stereocenters. The number of hydrogen-bond acceptors (Lipinski definition) is 3. The summed E-state index contributed by atoms with van der Waals surface area (Å²) in [6, 6.07) is 5.47. The van der Waals surface area contributed by atoms with Crippen LogP contribution >= 0.6 is 11.6 Å². The molecule has 0 saturated carbocycles. The van der Waals surface area contributed by atoms with Crippen LogP contribution in [-0.2, 0) is 0 Å². The van der Waals surface area contributed by atoms with E-state index in [0.29, 0.717) is 16.4 Å². The molecule has 0 amide bonds. The second-order valence-electron chi connectivity index (χ2n) is 2.46. The zero-order chi connectivity index (χ0) is 9.26. The number of aromatic nitrogens is 1. The van der Waals surface area contributed by atoms with E-state index in [9.17, 15) is 0 Å². The lowest BCUT2D eigenvalue weighted by atomic mass is 10.2. The Morgan fingerprint density at radius 2 is 2.15 bits per heavy atom. The first kappa shape index (κ1) is 8.07. The minimum absolute atomic E-state index is 0.238. The third-order valence-corrected chi connectivity index (χ3v) is 1.97. The van der Waals surface area contributed by atoms with Gasteiger partial charge in [0.25, 0.3) is 0 Å². The Bertz CT molecular complexity index is 382. The largest absolute Gasteiger partial charge is 0.381 e. The SMILES string of the molecule is NC1=C(Cl)C(c2ccccn2)=N[N]1. The van der Waals surface area contributed by atoms with Gasteiger partial charge < -0.3 is 5.73 Å². The predicted molar refractivity (Wildman–Crippen MR) is 50.0 cm³/mol. The van der Waals surface area contributed by atoms with Gasteiger partial charge in [0.15, 0.2) is 5.82 Å². The zero-order valence-corrected chi connectivity index (χ0v) is 7.36. The molecule has 2 rings (SSSR count). The van der Waals surface area contributed by atoms with Gasteiger partial charge in [-0.3, -0.25) is 4.98 Å². The van der Waals surface area contributed by atoms with E-state index in [1.54, 1.807) is 12.3 Å². The molecule has 1 radical (unpaired) electrons. The Morgan fingerprint density at radius 3 is 2.69 bits per heavy atom. The van der Waals surface area contributed by atoms with Crippen molar-refractivity contribution in [2.24, 2.45) is 10.8 Å². The smallest absolute Gasteiger partial charge is 0.167 e. The molecule has 0 spiro atoms. The van der Waals surface area contributed by atoms with E-state index >= 15 is 0 Å². The molecule has 0 atom stereocenters. The van der Waals surface area contributed by atoms with Crippen molar-refractivity contribution >= 4 is 17.3 Å². The highest BCUT2D eigenvalue weighted by atomic mass is 35.5. The van der Waals surface area contributed by atoms with Gasteiger partial charge in [0, 0.05) is 6.20 Å². The van der Waals surface area contributed by atoms with Crippen molar-refractivity contribution in [2.75, 3.05) is 0 Å². The number of rotatable bonds is 1. The lowest BCUT2D eigenvalue weighted by molar-refractivity contribution is 0.876. The molecular weight excluding hydrogens is 188 g/mol. The number of allylic oxidation sites excluding steroid dienone is 1. The van der Waals surface area contributed by atoms with Gasteiger partial charge in [0.05, 0.1) is 5.69 Å². The highest BCUT2D eigenvalue weighted by Gasteiger charge is 2.19. The molecule has 0 aromatic carbocycles. The molecular formula is C8H6ClN4. The predicted octanol–water partition coefficient (Wildman–Crippen LogP) is 0.770. The van der Waals surface area contributed by atoms with Crippen molar-refractivity contribution < 1.29 is 0 Å². The van der Waals surface area contributed by atoms with E-state index in [-0.39, 0.29) is 5.82 Å². The fourth-order valence-electron chi connectivity index (χ4n) is 0.979. The second-order valence-corrected chi connectivity index (χ2v) is 2.84. The molecule has 0 bridgehead atoms. The lowest BCUT2D eigenvalue weighted by Gasteiger charge is -1.96. The highest BCUT2D eigenvalue weighted by Crippen LogP contribution is 2.17. The number of nitrogens with two attached hydrogens (primary N) is 1. The first-order valence-electron chi connectivity index (χ1n) is 3.65. The van der Waals surface area contributed by atoms with Gasteiger partial charge in [-0.1, -0.05) is 17.7 Å². The Hall–Kier alpha value is -1.55. The summed E-state index contributed by atoms with van der Waals surface area (Å²) in [6.45, 7) is 0. The Kier molecular flexibility index (Phi) is 1.90. The van der Waals surface area contributed by atoms with E-state index in [4.69, 9.17) is 17.3 Å². The molecule has 1 aliphatic rings. The lowest BCUT2D eigenvalue weighted by Crippen LogP contribution is -2.05. The number of pyridine rings is 1. The maximum Gasteiger partial charge on any atom is 0.167 e. The van der Waals surface area contributed by atoms with Crippen LogP contribution in [0.3, 0.4) is 0 Å². The number of hydrogen-bond donors (Lipinski definition) is 1. The summed E-state index contributed by atoms with van der Waals surface area (Å²) in [7, 11) is 0. The standard InChI is InChI=1S/C8H6ClN4/c9-6-7(12-13-8(6)10)5-3-1-2-4-11-5/h1-4H,10H2. The summed E-state index contributed by atoms with van der Waals surface area (Å²) in [5, 5.41) is 4.18. The highest BCUT2D eigenvalue weighted by molar-refractivity contribution is 6.46. The van der Waals surface area contributed by atoms with Gasteiger partial charge in [-0.25, -0.2) is 0 Å². The van der Waals surface area contributed by atoms with E-state index in [0.717, 1.165) is 0 Å². The van der Waals surface area contributed by atoms with Gasteiger partial charge in [-0.2, -0.15) is 0 Å². The van der Waals surface area contributed by atoms with Crippen LogP contribution in [0.4, 0.5) is 0 Å². The fourth-order valence-corrected chi connectivity index (χ4v) is 1.15. The summed E-state index contributed by atoms with van der Waals surface area (Å²) in [4.78, 5) is 4.08. The van der Waals surface area contributed by atoms with Crippen molar-refractivity contribution in [3.05, 3.63) is 40.9 Å². The van der Waals surface area contributed by atoms with Crippen molar-refractivity contribution in [1.29, 1.82) is 0 Å². The average molecular weight is 194 g/mol. The molecule has 0 saturated heterocycles. The minimum Gasteiger partial charge on any atom is -0.381 e. The summed E-state index contributed by atoms with van der Waals surface area (Å²) in [5.74, 6) is 0.238. The number of nitrogens with zero attached hydrogens (tertiary/aromatic N) is 3. The van der Waals surface area contributed by atoms with Crippen LogP contribution in [0.2, 0.25) is 0 Å². The molecule has 4 nitrogen and oxygen atoms in total. The molecule has 2 N–H and O–H groups in total. The van der Waals surface area contributed by atoms with Gasteiger partial charge in [0.2, 0.25) is 0 Å². The van der Waals surface area contributed by atoms with Crippen LogP contribution in [0.15, 0.2) is 40.4 Å². The van der Waals surface area contributed by atoms with Gasteiger partial charge in [-0.15, -0.1) is 10.5 Å². The molecule has 65 valence electrons. The third kappa shape index (κ3) is 1.36.